The predicted molar refractivity (Wildman–Crippen MR) is 104 cm³/mol. The number of carbonyl (C=O) groups excluding carboxylic acids is 1. The van der Waals surface area contributed by atoms with Crippen LogP contribution in [0, 0.1) is 6.92 Å². The molecule has 2 aromatic carbocycles. The number of nitrogens with one attached hydrogen (secondary N) is 1. The molecule has 0 unspecified atom stereocenters. The van der Waals surface area contributed by atoms with Gasteiger partial charge in [-0.05, 0) is 42.8 Å². The van der Waals surface area contributed by atoms with Gasteiger partial charge >= 0.3 is 0 Å². The Labute approximate surface area is 160 Å². The van der Waals surface area contributed by atoms with Gasteiger partial charge in [-0.2, -0.15) is 0 Å². The van der Waals surface area contributed by atoms with Crippen molar-refractivity contribution in [1.82, 2.24) is 15.0 Å². The standard InChI is InChI=1S/C20H15ClN4O2/c1-12-2-5-18-17(8-12)25-20(27-18)15-9-13(3-4-16(15)21)24-19(26)10-14-11-22-6-7-23-14/h2-9,11H,10H2,1H3,(H,24,26). The lowest BCUT2D eigenvalue weighted by molar-refractivity contribution is -0.115. The Morgan fingerprint density at radius 1 is 1.19 bits per heavy atom. The molecule has 0 aliphatic heterocycles. The van der Waals surface area contributed by atoms with Gasteiger partial charge in [0, 0.05) is 24.3 Å². The van der Waals surface area contributed by atoms with Crippen molar-refractivity contribution in [3.63, 3.8) is 0 Å². The fourth-order valence-corrected chi connectivity index (χ4v) is 2.91. The number of halogens is 1. The summed E-state index contributed by atoms with van der Waals surface area (Å²) < 4.78 is 5.82. The normalized spacial score (nSPS) is 10.9. The van der Waals surface area contributed by atoms with Crippen LogP contribution in [-0.2, 0) is 11.2 Å². The monoisotopic (exact) mass is 378 g/mol. The molecule has 0 fully saturated rings. The van der Waals surface area contributed by atoms with Gasteiger partial charge in [0.15, 0.2) is 5.58 Å². The van der Waals surface area contributed by atoms with Crippen molar-refractivity contribution in [3.05, 3.63) is 71.3 Å². The molecular weight excluding hydrogens is 364 g/mol. The largest absolute Gasteiger partial charge is 0.436 e. The first-order valence-electron chi connectivity index (χ1n) is 8.30. The topological polar surface area (TPSA) is 80.9 Å². The third-order valence-corrected chi connectivity index (χ3v) is 4.31. The summed E-state index contributed by atoms with van der Waals surface area (Å²) in [6.45, 7) is 1.99. The molecule has 1 amide bonds. The molecule has 0 spiro atoms. The maximum absolute atomic E-state index is 12.2. The lowest BCUT2D eigenvalue weighted by atomic mass is 10.2. The van der Waals surface area contributed by atoms with Gasteiger partial charge in [-0.25, -0.2) is 4.98 Å². The minimum atomic E-state index is -0.197. The van der Waals surface area contributed by atoms with Crippen LogP contribution < -0.4 is 5.32 Å². The zero-order valence-electron chi connectivity index (χ0n) is 14.4. The number of benzene rings is 2. The van der Waals surface area contributed by atoms with Crippen molar-refractivity contribution in [3.8, 4) is 11.5 Å². The quantitative estimate of drug-likeness (QED) is 0.568. The first-order chi connectivity index (χ1) is 13.1. The Morgan fingerprint density at radius 3 is 2.89 bits per heavy atom. The van der Waals surface area contributed by atoms with E-state index in [0.29, 0.717) is 33.4 Å². The zero-order valence-corrected chi connectivity index (χ0v) is 15.2. The van der Waals surface area contributed by atoms with Gasteiger partial charge in [0.25, 0.3) is 0 Å². The fourth-order valence-electron chi connectivity index (χ4n) is 2.71. The minimum absolute atomic E-state index is 0.133. The van der Waals surface area contributed by atoms with Gasteiger partial charge in [0.2, 0.25) is 11.8 Å². The molecule has 134 valence electrons. The van der Waals surface area contributed by atoms with E-state index in [1.54, 1.807) is 36.8 Å². The van der Waals surface area contributed by atoms with Crippen molar-refractivity contribution in [1.29, 1.82) is 0 Å². The lowest BCUT2D eigenvalue weighted by Gasteiger charge is -2.07. The highest BCUT2D eigenvalue weighted by Crippen LogP contribution is 2.32. The smallest absolute Gasteiger partial charge is 0.230 e. The molecule has 0 atom stereocenters. The molecule has 6 nitrogen and oxygen atoms in total. The number of amides is 1. The maximum atomic E-state index is 12.2. The van der Waals surface area contributed by atoms with Crippen molar-refractivity contribution < 1.29 is 9.21 Å². The fraction of sp³-hybridized carbons (Fsp3) is 0.100. The SMILES string of the molecule is Cc1ccc2oc(-c3cc(NC(=O)Cc4cnccn4)ccc3Cl)nc2c1. The van der Waals surface area contributed by atoms with Gasteiger partial charge in [0.1, 0.15) is 5.52 Å². The first-order valence-corrected chi connectivity index (χ1v) is 8.68. The summed E-state index contributed by atoms with van der Waals surface area (Å²) in [5, 5.41) is 3.33. The molecule has 0 saturated heterocycles. The number of oxazole rings is 1. The van der Waals surface area contributed by atoms with Gasteiger partial charge in [0.05, 0.1) is 22.7 Å². The van der Waals surface area contributed by atoms with E-state index in [4.69, 9.17) is 16.0 Å². The summed E-state index contributed by atoms with van der Waals surface area (Å²) in [5.41, 5.74) is 4.35. The van der Waals surface area contributed by atoms with E-state index < -0.39 is 0 Å². The highest BCUT2D eigenvalue weighted by molar-refractivity contribution is 6.33. The summed E-state index contributed by atoms with van der Waals surface area (Å²) in [6, 6.07) is 11.0. The van der Waals surface area contributed by atoms with E-state index in [-0.39, 0.29) is 12.3 Å². The van der Waals surface area contributed by atoms with E-state index in [1.165, 1.54) is 0 Å². The molecule has 0 saturated carbocycles. The van der Waals surface area contributed by atoms with Crippen LogP contribution in [0.5, 0.6) is 0 Å². The molecule has 4 aromatic rings. The van der Waals surface area contributed by atoms with Crippen LogP contribution in [0.4, 0.5) is 5.69 Å². The van der Waals surface area contributed by atoms with E-state index >= 15 is 0 Å². The van der Waals surface area contributed by atoms with Crippen LogP contribution in [0.1, 0.15) is 11.3 Å². The number of aryl methyl sites for hydroxylation is 1. The third-order valence-electron chi connectivity index (χ3n) is 3.98. The Balaban J connectivity index is 1.60. The molecule has 27 heavy (non-hydrogen) atoms. The van der Waals surface area contributed by atoms with Gasteiger partial charge in [-0.3, -0.25) is 14.8 Å². The summed E-state index contributed by atoms with van der Waals surface area (Å²) >= 11 is 6.32. The number of hydrogen-bond donors (Lipinski definition) is 1. The molecule has 2 heterocycles. The van der Waals surface area contributed by atoms with E-state index in [1.807, 2.05) is 25.1 Å². The minimum Gasteiger partial charge on any atom is -0.436 e. The number of nitrogens with zero attached hydrogens (tertiary/aromatic N) is 3. The second kappa shape index (κ2) is 7.17. The van der Waals surface area contributed by atoms with E-state index in [9.17, 15) is 4.79 Å². The number of rotatable bonds is 4. The second-order valence-corrected chi connectivity index (χ2v) is 6.51. The van der Waals surface area contributed by atoms with Crippen LogP contribution >= 0.6 is 11.6 Å². The average Bonchev–Trinajstić information content (AvgIpc) is 3.07. The molecule has 0 aliphatic carbocycles. The van der Waals surface area contributed by atoms with E-state index in [2.05, 4.69) is 20.3 Å². The Hall–Kier alpha value is -3.25. The average molecular weight is 379 g/mol. The Morgan fingerprint density at radius 2 is 2.07 bits per heavy atom. The second-order valence-electron chi connectivity index (χ2n) is 6.11. The lowest BCUT2D eigenvalue weighted by Crippen LogP contribution is -2.15. The summed E-state index contributed by atoms with van der Waals surface area (Å²) in [7, 11) is 0. The number of hydrogen-bond acceptors (Lipinski definition) is 5. The van der Waals surface area contributed by atoms with E-state index in [0.717, 1.165) is 11.1 Å². The van der Waals surface area contributed by atoms with Gasteiger partial charge in [-0.15, -0.1) is 0 Å². The van der Waals surface area contributed by atoms with Crippen molar-refractivity contribution in [2.24, 2.45) is 0 Å². The highest BCUT2D eigenvalue weighted by Gasteiger charge is 2.14. The Kier molecular flexibility index (Phi) is 4.56. The van der Waals surface area contributed by atoms with Crippen molar-refractivity contribution >= 4 is 34.3 Å². The van der Waals surface area contributed by atoms with Crippen LogP contribution in [0.2, 0.25) is 5.02 Å². The molecule has 7 heteroatoms. The van der Waals surface area contributed by atoms with Crippen LogP contribution in [0.25, 0.3) is 22.6 Å². The molecule has 1 N–H and O–H groups in total. The summed E-state index contributed by atoms with van der Waals surface area (Å²) in [4.78, 5) is 24.8. The number of anilines is 1. The van der Waals surface area contributed by atoms with Crippen molar-refractivity contribution in [2.75, 3.05) is 5.32 Å². The number of fused-ring (bicyclic) bond motifs is 1. The molecule has 4 rings (SSSR count). The zero-order chi connectivity index (χ0) is 18.8. The van der Waals surface area contributed by atoms with Crippen LogP contribution in [0.3, 0.4) is 0 Å². The van der Waals surface area contributed by atoms with Gasteiger partial charge in [-0.1, -0.05) is 17.7 Å². The molecule has 0 aliphatic rings. The molecule has 0 bridgehead atoms. The number of aromatic nitrogens is 3. The highest BCUT2D eigenvalue weighted by atomic mass is 35.5. The maximum Gasteiger partial charge on any atom is 0.230 e. The summed E-state index contributed by atoms with van der Waals surface area (Å²) in [5.74, 6) is 0.211. The third kappa shape index (κ3) is 3.80. The van der Waals surface area contributed by atoms with Crippen LogP contribution in [0.15, 0.2) is 59.4 Å². The first kappa shape index (κ1) is 17.2. The molecule has 0 radical (unpaired) electrons. The van der Waals surface area contributed by atoms with Gasteiger partial charge < -0.3 is 9.73 Å². The van der Waals surface area contributed by atoms with Crippen molar-refractivity contribution in [2.45, 2.75) is 13.3 Å². The predicted octanol–water partition coefficient (Wildman–Crippen LogP) is 4.43. The molecular formula is C20H15ClN4O2. The Bertz CT molecular complexity index is 1130. The summed E-state index contributed by atoms with van der Waals surface area (Å²) in [6.07, 6.45) is 4.81. The molecule has 2 aromatic heterocycles. The number of carbonyl (C=O) groups is 1. The van der Waals surface area contributed by atoms with Crippen LogP contribution in [-0.4, -0.2) is 20.9 Å².